The van der Waals surface area contributed by atoms with E-state index in [4.69, 9.17) is 11.6 Å². The molecule has 3 aromatic rings. The van der Waals surface area contributed by atoms with E-state index in [2.05, 4.69) is 24.1 Å². The van der Waals surface area contributed by atoms with E-state index in [1.54, 1.807) is 0 Å². The normalized spacial score (nSPS) is 14.5. The van der Waals surface area contributed by atoms with Crippen LogP contribution in [0.2, 0.25) is 5.02 Å². The SMILES string of the molecule is Cc1ccccc1CC(=O)N1CC=C(c2c[nH]c3ccc(Cl)cc23)CC1. The molecule has 26 heavy (non-hydrogen) atoms. The molecule has 4 heteroatoms. The molecule has 0 bridgehead atoms. The Balaban J connectivity index is 1.50. The summed E-state index contributed by atoms with van der Waals surface area (Å²) in [6, 6.07) is 14.0. The van der Waals surface area contributed by atoms with Gasteiger partial charge in [0.2, 0.25) is 5.91 Å². The quantitative estimate of drug-likeness (QED) is 0.698. The third-order valence-electron chi connectivity index (χ3n) is 5.15. The molecule has 1 aliphatic heterocycles. The zero-order chi connectivity index (χ0) is 18.1. The number of nitrogens with zero attached hydrogens (tertiary/aromatic N) is 1. The first kappa shape index (κ1) is 16.9. The van der Waals surface area contributed by atoms with E-state index >= 15 is 0 Å². The van der Waals surface area contributed by atoms with Crippen LogP contribution in [0, 0.1) is 6.92 Å². The molecular formula is C22H21ClN2O. The molecule has 2 aromatic carbocycles. The Labute approximate surface area is 158 Å². The maximum Gasteiger partial charge on any atom is 0.227 e. The molecule has 4 rings (SSSR count). The topological polar surface area (TPSA) is 36.1 Å². The summed E-state index contributed by atoms with van der Waals surface area (Å²) in [7, 11) is 0. The molecule has 3 nitrogen and oxygen atoms in total. The predicted molar refractivity (Wildman–Crippen MR) is 107 cm³/mol. The lowest BCUT2D eigenvalue weighted by molar-refractivity contribution is -0.130. The van der Waals surface area contributed by atoms with E-state index in [0.29, 0.717) is 13.0 Å². The number of halogens is 1. The summed E-state index contributed by atoms with van der Waals surface area (Å²) < 4.78 is 0. The van der Waals surface area contributed by atoms with Crippen molar-refractivity contribution >= 4 is 34.0 Å². The Morgan fingerprint density at radius 3 is 2.85 bits per heavy atom. The van der Waals surface area contributed by atoms with Crippen LogP contribution in [0.15, 0.2) is 54.7 Å². The van der Waals surface area contributed by atoms with Crippen LogP contribution >= 0.6 is 11.6 Å². The van der Waals surface area contributed by atoms with Gasteiger partial charge in [0.05, 0.1) is 6.42 Å². The van der Waals surface area contributed by atoms with Gasteiger partial charge in [-0.25, -0.2) is 0 Å². The second kappa shape index (κ2) is 7.00. The number of hydrogen-bond donors (Lipinski definition) is 1. The van der Waals surface area contributed by atoms with Crippen LogP contribution in [0.25, 0.3) is 16.5 Å². The largest absolute Gasteiger partial charge is 0.361 e. The molecule has 1 aromatic heterocycles. The van der Waals surface area contributed by atoms with Crippen molar-refractivity contribution in [2.45, 2.75) is 19.8 Å². The molecule has 0 atom stereocenters. The highest BCUT2D eigenvalue weighted by atomic mass is 35.5. The fraction of sp³-hybridized carbons (Fsp3) is 0.227. The molecule has 0 fully saturated rings. The van der Waals surface area contributed by atoms with Gasteiger partial charge in [0, 0.05) is 40.8 Å². The number of rotatable bonds is 3. The van der Waals surface area contributed by atoms with E-state index in [-0.39, 0.29) is 5.91 Å². The summed E-state index contributed by atoms with van der Waals surface area (Å²) in [6.45, 7) is 3.47. The van der Waals surface area contributed by atoms with Gasteiger partial charge in [-0.2, -0.15) is 0 Å². The molecule has 0 spiro atoms. The third kappa shape index (κ3) is 3.27. The van der Waals surface area contributed by atoms with Gasteiger partial charge in [-0.15, -0.1) is 0 Å². The number of benzene rings is 2. The van der Waals surface area contributed by atoms with Crippen molar-refractivity contribution in [3.05, 3.63) is 76.5 Å². The zero-order valence-electron chi connectivity index (χ0n) is 14.8. The van der Waals surface area contributed by atoms with Crippen LogP contribution in [-0.2, 0) is 11.2 Å². The number of aryl methyl sites for hydroxylation is 1. The Kier molecular flexibility index (Phi) is 4.56. The minimum atomic E-state index is 0.191. The van der Waals surface area contributed by atoms with Crippen molar-refractivity contribution in [1.29, 1.82) is 0 Å². The predicted octanol–water partition coefficient (Wildman–Crippen LogP) is 4.99. The number of aromatic amines is 1. The van der Waals surface area contributed by atoms with Gasteiger partial charge in [0.25, 0.3) is 0 Å². The summed E-state index contributed by atoms with van der Waals surface area (Å²) in [5.74, 6) is 0.191. The maximum atomic E-state index is 12.6. The smallest absolute Gasteiger partial charge is 0.227 e. The fourth-order valence-corrected chi connectivity index (χ4v) is 3.75. The minimum absolute atomic E-state index is 0.191. The molecule has 0 saturated carbocycles. The van der Waals surface area contributed by atoms with E-state index in [9.17, 15) is 4.79 Å². The van der Waals surface area contributed by atoms with Gasteiger partial charge >= 0.3 is 0 Å². The van der Waals surface area contributed by atoms with Crippen LogP contribution in [0.1, 0.15) is 23.1 Å². The van der Waals surface area contributed by atoms with Crippen molar-refractivity contribution in [3.63, 3.8) is 0 Å². The van der Waals surface area contributed by atoms with E-state index in [1.165, 1.54) is 16.7 Å². The Morgan fingerprint density at radius 2 is 2.08 bits per heavy atom. The van der Waals surface area contributed by atoms with Gasteiger partial charge in [0.15, 0.2) is 0 Å². The van der Waals surface area contributed by atoms with Crippen molar-refractivity contribution in [3.8, 4) is 0 Å². The van der Waals surface area contributed by atoms with E-state index in [1.807, 2.05) is 47.5 Å². The molecule has 0 aliphatic carbocycles. The standard InChI is InChI=1S/C22H21ClN2O/c1-15-4-2-3-5-17(15)12-22(26)25-10-8-16(9-11-25)20-14-24-21-7-6-18(23)13-19(20)21/h2-8,13-14,24H,9-12H2,1H3. The minimum Gasteiger partial charge on any atom is -0.361 e. The Hall–Kier alpha value is -2.52. The number of nitrogens with one attached hydrogen (secondary N) is 1. The molecule has 1 N–H and O–H groups in total. The van der Waals surface area contributed by atoms with Crippen LogP contribution < -0.4 is 0 Å². The van der Waals surface area contributed by atoms with Crippen molar-refractivity contribution in [2.24, 2.45) is 0 Å². The summed E-state index contributed by atoms with van der Waals surface area (Å²) in [5, 5.41) is 1.88. The highest BCUT2D eigenvalue weighted by Crippen LogP contribution is 2.31. The number of fused-ring (bicyclic) bond motifs is 1. The van der Waals surface area contributed by atoms with Crippen LogP contribution in [0.4, 0.5) is 0 Å². The van der Waals surface area contributed by atoms with Gasteiger partial charge in [-0.3, -0.25) is 4.79 Å². The fourth-order valence-electron chi connectivity index (χ4n) is 3.58. The summed E-state index contributed by atoms with van der Waals surface area (Å²) in [4.78, 5) is 17.9. The zero-order valence-corrected chi connectivity index (χ0v) is 15.5. The monoisotopic (exact) mass is 364 g/mol. The maximum absolute atomic E-state index is 12.6. The first-order chi connectivity index (χ1) is 12.6. The van der Waals surface area contributed by atoms with Gasteiger partial charge in [-0.05, 0) is 48.2 Å². The number of aromatic nitrogens is 1. The highest BCUT2D eigenvalue weighted by molar-refractivity contribution is 6.31. The Bertz CT molecular complexity index is 1000. The van der Waals surface area contributed by atoms with E-state index < -0.39 is 0 Å². The molecule has 1 aliphatic rings. The first-order valence-electron chi connectivity index (χ1n) is 8.90. The second-order valence-electron chi connectivity index (χ2n) is 6.81. The van der Waals surface area contributed by atoms with Gasteiger partial charge < -0.3 is 9.88 Å². The number of carbonyl (C=O) groups is 1. The van der Waals surface area contributed by atoms with E-state index in [0.717, 1.165) is 34.5 Å². The third-order valence-corrected chi connectivity index (χ3v) is 5.39. The number of hydrogen-bond acceptors (Lipinski definition) is 1. The Morgan fingerprint density at radius 1 is 1.23 bits per heavy atom. The second-order valence-corrected chi connectivity index (χ2v) is 7.25. The molecule has 132 valence electrons. The number of H-pyrrole nitrogens is 1. The lowest BCUT2D eigenvalue weighted by Crippen LogP contribution is -2.35. The average molecular weight is 365 g/mol. The molecule has 0 saturated heterocycles. The molecule has 0 unspecified atom stereocenters. The van der Waals surface area contributed by atoms with Crippen LogP contribution in [0.5, 0.6) is 0 Å². The number of carbonyl (C=O) groups excluding carboxylic acids is 1. The van der Waals surface area contributed by atoms with Crippen molar-refractivity contribution < 1.29 is 4.79 Å². The van der Waals surface area contributed by atoms with Crippen LogP contribution in [-0.4, -0.2) is 28.9 Å². The first-order valence-corrected chi connectivity index (χ1v) is 9.28. The average Bonchev–Trinajstić information content (AvgIpc) is 3.06. The van der Waals surface area contributed by atoms with Crippen LogP contribution in [0.3, 0.4) is 0 Å². The number of amides is 1. The van der Waals surface area contributed by atoms with Gasteiger partial charge in [0.1, 0.15) is 0 Å². The van der Waals surface area contributed by atoms with Gasteiger partial charge in [-0.1, -0.05) is 41.9 Å². The molecular weight excluding hydrogens is 344 g/mol. The molecule has 2 heterocycles. The van der Waals surface area contributed by atoms with Crippen molar-refractivity contribution in [2.75, 3.05) is 13.1 Å². The lowest BCUT2D eigenvalue weighted by Gasteiger charge is -2.27. The lowest BCUT2D eigenvalue weighted by atomic mass is 9.98. The summed E-state index contributed by atoms with van der Waals surface area (Å²) in [5.41, 5.74) is 5.83. The highest BCUT2D eigenvalue weighted by Gasteiger charge is 2.20. The summed E-state index contributed by atoms with van der Waals surface area (Å²) >= 11 is 6.15. The summed E-state index contributed by atoms with van der Waals surface area (Å²) in [6.07, 6.45) is 5.54. The van der Waals surface area contributed by atoms with Crippen molar-refractivity contribution in [1.82, 2.24) is 9.88 Å². The molecule has 1 amide bonds. The molecule has 0 radical (unpaired) electrons.